The molecule has 0 amide bonds. The SMILES string of the molecule is BrC1=CC(c2ccc(Oc3ncccn3)cc2)ON1. The summed E-state index contributed by atoms with van der Waals surface area (Å²) >= 11 is 3.32. The summed E-state index contributed by atoms with van der Waals surface area (Å²) in [6.07, 6.45) is 5.11. The maximum atomic E-state index is 5.51. The zero-order valence-electron chi connectivity index (χ0n) is 9.79. The predicted octanol–water partition coefficient (Wildman–Crippen LogP) is 3.08. The Labute approximate surface area is 118 Å². The molecule has 1 aliphatic rings. The first-order valence-corrected chi connectivity index (χ1v) is 6.44. The molecule has 1 atom stereocenters. The molecular weight excluding hydrogens is 310 g/mol. The summed E-state index contributed by atoms with van der Waals surface area (Å²) in [4.78, 5) is 13.4. The van der Waals surface area contributed by atoms with Crippen molar-refractivity contribution in [1.82, 2.24) is 15.4 Å². The number of aromatic nitrogens is 2. The third kappa shape index (κ3) is 2.91. The lowest BCUT2D eigenvalue weighted by molar-refractivity contribution is 0.0458. The number of nitrogens with one attached hydrogen (secondary N) is 1. The summed E-state index contributed by atoms with van der Waals surface area (Å²) in [5.74, 6) is 0.684. The maximum absolute atomic E-state index is 5.51. The van der Waals surface area contributed by atoms with E-state index < -0.39 is 0 Å². The van der Waals surface area contributed by atoms with E-state index in [-0.39, 0.29) is 6.10 Å². The van der Waals surface area contributed by atoms with Gasteiger partial charge in [0, 0.05) is 12.4 Å². The zero-order chi connectivity index (χ0) is 13.1. The van der Waals surface area contributed by atoms with E-state index >= 15 is 0 Å². The fourth-order valence-electron chi connectivity index (χ4n) is 1.65. The largest absolute Gasteiger partial charge is 0.424 e. The van der Waals surface area contributed by atoms with Crippen molar-refractivity contribution in [2.75, 3.05) is 0 Å². The first-order valence-electron chi connectivity index (χ1n) is 5.65. The topological polar surface area (TPSA) is 56.3 Å². The second-order valence-electron chi connectivity index (χ2n) is 3.86. The van der Waals surface area contributed by atoms with Gasteiger partial charge in [0.1, 0.15) is 16.5 Å². The molecule has 0 aliphatic carbocycles. The molecule has 2 heterocycles. The quantitative estimate of drug-likeness (QED) is 0.881. The van der Waals surface area contributed by atoms with Gasteiger partial charge in [0.15, 0.2) is 0 Å². The minimum absolute atomic E-state index is 0.101. The Bertz CT molecular complexity index is 587. The number of rotatable bonds is 3. The first-order chi connectivity index (χ1) is 9.31. The molecule has 2 aromatic rings. The molecule has 96 valence electrons. The molecule has 1 aromatic carbocycles. The summed E-state index contributed by atoms with van der Waals surface area (Å²) in [6, 6.07) is 9.66. The molecule has 1 aliphatic heterocycles. The van der Waals surface area contributed by atoms with Crippen LogP contribution < -0.4 is 10.2 Å². The molecule has 0 spiro atoms. The number of nitrogens with zero attached hydrogens (tertiary/aromatic N) is 2. The van der Waals surface area contributed by atoms with E-state index in [9.17, 15) is 0 Å². The molecule has 0 saturated carbocycles. The molecule has 3 rings (SSSR count). The highest BCUT2D eigenvalue weighted by atomic mass is 79.9. The number of benzene rings is 1. The lowest BCUT2D eigenvalue weighted by Crippen LogP contribution is -2.05. The van der Waals surface area contributed by atoms with Gasteiger partial charge in [-0.15, -0.1) is 0 Å². The first kappa shape index (κ1) is 12.1. The standard InChI is InChI=1S/C13H10BrN3O2/c14-12-8-11(19-17-12)9-2-4-10(5-3-9)18-13-15-6-1-7-16-13/h1-8,11,17H. The second kappa shape index (κ2) is 5.38. The van der Waals surface area contributed by atoms with Gasteiger partial charge >= 0.3 is 6.01 Å². The van der Waals surface area contributed by atoms with Crippen LogP contribution in [0.5, 0.6) is 11.8 Å². The van der Waals surface area contributed by atoms with Crippen molar-refractivity contribution in [2.24, 2.45) is 0 Å². The van der Waals surface area contributed by atoms with Crippen LogP contribution in [0.4, 0.5) is 0 Å². The van der Waals surface area contributed by atoms with Crippen molar-refractivity contribution in [2.45, 2.75) is 6.10 Å². The Morgan fingerprint density at radius 1 is 1.16 bits per heavy atom. The molecule has 0 saturated heterocycles. The van der Waals surface area contributed by atoms with Gasteiger partial charge < -0.3 is 4.74 Å². The van der Waals surface area contributed by atoms with Crippen LogP contribution in [-0.2, 0) is 4.84 Å². The van der Waals surface area contributed by atoms with Crippen molar-refractivity contribution >= 4 is 15.9 Å². The number of ether oxygens (including phenoxy) is 1. The lowest BCUT2D eigenvalue weighted by Gasteiger charge is -2.08. The number of hydroxylamine groups is 1. The number of hydrogen-bond donors (Lipinski definition) is 1. The van der Waals surface area contributed by atoms with Crippen LogP contribution in [0.3, 0.4) is 0 Å². The third-order valence-electron chi connectivity index (χ3n) is 2.54. The van der Waals surface area contributed by atoms with Crippen LogP contribution in [0.1, 0.15) is 11.7 Å². The van der Waals surface area contributed by atoms with E-state index in [1.54, 1.807) is 18.5 Å². The van der Waals surface area contributed by atoms with Crippen molar-refractivity contribution in [3.05, 3.63) is 59.0 Å². The van der Waals surface area contributed by atoms with Crippen molar-refractivity contribution in [1.29, 1.82) is 0 Å². The minimum Gasteiger partial charge on any atom is -0.424 e. The maximum Gasteiger partial charge on any atom is 0.321 e. The molecule has 1 N–H and O–H groups in total. The summed E-state index contributed by atoms with van der Waals surface area (Å²) in [5.41, 5.74) is 3.78. The fourth-order valence-corrected chi connectivity index (χ4v) is 1.99. The Morgan fingerprint density at radius 3 is 2.53 bits per heavy atom. The lowest BCUT2D eigenvalue weighted by atomic mass is 10.1. The van der Waals surface area contributed by atoms with E-state index in [1.807, 2.05) is 30.3 Å². The predicted molar refractivity (Wildman–Crippen MR) is 72.5 cm³/mol. The third-order valence-corrected chi connectivity index (χ3v) is 2.97. The van der Waals surface area contributed by atoms with Gasteiger partial charge in [-0.05, 0) is 45.8 Å². The number of halogens is 1. The van der Waals surface area contributed by atoms with Crippen LogP contribution in [0.15, 0.2) is 53.4 Å². The number of hydrogen-bond acceptors (Lipinski definition) is 5. The average molecular weight is 320 g/mol. The molecule has 5 nitrogen and oxygen atoms in total. The Kier molecular flexibility index (Phi) is 3.43. The van der Waals surface area contributed by atoms with Crippen LogP contribution in [0, 0.1) is 0 Å². The van der Waals surface area contributed by atoms with E-state index in [0.717, 1.165) is 10.2 Å². The molecule has 0 bridgehead atoms. The van der Waals surface area contributed by atoms with Gasteiger partial charge in [-0.1, -0.05) is 12.1 Å². The van der Waals surface area contributed by atoms with Gasteiger partial charge in [0.25, 0.3) is 0 Å². The highest BCUT2D eigenvalue weighted by molar-refractivity contribution is 9.11. The van der Waals surface area contributed by atoms with Gasteiger partial charge in [-0.3, -0.25) is 10.3 Å². The molecule has 1 unspecified atom stereocenters. The van der Waals surface area contributed by atoms with Crippen LogP contribution in [-0.4, -0.2) is 9.97 Å². The van der Waals surface area contributed by atoms with Gasteiger partial charge in [-0.25, -0.2) is 9.97 Å². The highest BCUT2D eigenvalue weighted by Gasteiger charge is 2.16. The van der Waals surface area contributed by atoms with Gasteiger partial charge in [0.2, 0.25) is 0 Å². The van der Waals surface area contributed by atoms with Crippen molar-refractivity contribution < 1.29 is 9.57 Å². The smallest absolute Gasteiger partial charge is 0.321 e. The van der Waals surface area contributed by atoms with Gasteiger partial charge in [-0.2, -0.15) is 0 Å². The molecule has 1 aromatic heterocycles. The summed E-state index contributed by atoms with van der Waals surface area (Å²) in [7, 11) is 0. The van der Waals surface area contributed by atoms with Crippen LogP contribution in [0.2, 0.25) is 0 Å². The van der Waals surface area contributed by atoms with Crippen molar-refractivity contribution in [3.63, 3.8) is 0 Å². The highest BCUT2D eigenvalue weighted by Crippen LogP contribution is 2.28. The molecule has 19 heavy (non-hydrogen) atoms. The van der Waals surface area contributed by atoms with Crippen molar-refractivity contribution in [3.8, 4) is 11.8 Å². The summed E-state index contributed by atoms with van der Waals surface area (Å²) in [6.45, 7) is 0. The Balaban J connectivity index is 1.73. The van der Waals surface area contributed by atoms with Crippen LogP contribution in [0.25, 0.3) is 0 Å². The van der Waals surface area contributed by atoms with E-state index in [2.05, 4.69) is 31.4 Å². The fraction of sp³-hybridized carbons (Fsp3) is 0.0769. The van der Waals surface area contributed by atoms with E-state index in [0.29, 0.717) is 11.8 Å². The molecule has 0 radical (unpaired) electrons. The monoisotopic (exact) mass is 319 g/mol. The minimum atomic E-state index is -0.101. The second-order valence-corrected chi connectivity index (χ2v) is 4.71. The summed E-state index contributed by atoms with van der Waals surface area (Å²) < 4.78 is 6.34. The normalized spacial score (nSPS) is 17.7. The molecular formula is C13H10BrN3O2. The summed E-state index contributed by atoms with van der Waals surface area (Å²) in [5, 5.41) is 0. The van der Waals surface area contributed by atoms with Crippen LogP contribution >= 0.6 is 15.9 Å². The Hall–Kier alpha value is -1.92. The Morgan fingerprint density at radius 2 is 1.89 bits per heavy atom. The zero-order valence-corrected chi connectivity index (χ0v) is 11.4. The molecule has 6 heteroatoms. The molecule has 0 fully saturated rings. The van der Waals surface area contributed by atoms with E-state index in [1.165, 1.54) is 0 Å². The van der Waals surface area contributed by atoms with E-state index in [4.69, 9.17) is 9.57 Å². The average Bonchev–Trinajstić information content (AvgIpc) is 2.87. The van der Waals surface area contributed by atoms with Gasteiger partial charge in [0.05, 0.1) is 0 Å².